The van der Waals surface area contributed by atoms with E-state index >= 15 is 0 Å². The topological polar surface area (TPSA) is 26.3 Å². The summed E-state index contributed by atoms with van der Waals surface area (Å²) >= 11 is 0. The highest BCUT2D eigenvalue weighted by molar-refractivity contribution is 6.24. The van der Waals surface area contributed by atoms with E-state index in [0.717, 1.165) is 68.2 Å². The van der Waals surface area contributed by atoms with Crippen LogP contribution in [0.25, 0.3) is 55.0 Å². The van der Waals surface area contributed by atoms with Crippen LogP contribution in [0.4, 0.5) is 0 Å². The molecular weight excluding hydrogens is 344 g/mol. The molecule has 2 nitrogen and oxygen atoms in total. The van der Waals surface area contributed by atoms with E-state index in [0.29, 0.717) is 0 Å². The fourth-order valence-corrected chi connectivity index (χ4v) is 4.57. The van der Waals surface area contributed by atoms with E-state index in [2.05, 4.69) is 61.7 Å². The van der Waals surface area contributed by atoms with Crippen LogP contribution in [0.2, 0.25) is 0 Å². The molecule has 0 N–H and O–H groups in total. The Kier molecular flexibility index (Phi) is 3.05. The Morgan fingerprint density at radius 2 is 1.04 bits per heavy atom. The van der Waals surface area contributed by atoms with Crippen molar-refractivity contribution in [2.24, 2.45) is 0 Å². The van der Waals surface area contributed by atoms with Crippen molar-refractivity contribution in [3.63, 3.8) is 0 Å². The molecule has 4 aromatic rings. The van der Waals surface area contributed by atoms with Gasteiger partial charge in [0, 0.05) is 21.9 Å². The first-order valence-corrected chi connectivity index (χ1v) is 9.55. The number of hydrogen-bond donors (Lipinski definition) is 0. The van der Waals surface area contributed by atoms with Crippen molar-refractivity contribution in [2.75, 3.05) is 0 Å². The molecule has 0 spiro atoms. The molecule has 0 bridgehead atoms. The summed E-state index contributed by atoms with van der Waals surface area (Å²) in [5.41, 5.74) is 8.23. The van der Waals surface area contributed by atoms with Crippen LogP contribution in [0.5, 0.6) is 0 Å². The zero-order valence-electron chi connectivity index (χ0n) is 15.4. The second-order valence-corrected chi connectivity index (χ2v) is 7.37. The molecule has 28 heavy (non-hydrogen) atoms. The van der Waals surface area contributed by atoms with Crippen LogP contribution in [0.1, 0.15) is 11.1 Å². The summed E-state index contributed by atoms with van der Waals surface area (Å²) in [4.78, 5) is 0. The molecule has 0 saturated heterocycles. The molecule has 0 radical (unpaired) electrons. The molecule has 4 aromatic carbocycles. The van der Waals surface area contributed by atoms with Crippen LogP contribution >= 0.6 is 0 Å². The zero-order valence-corrected chi connectivity index (χ0v) is 15.4. The Bertz CT molecular complexity index is 1380. The maximum Gasteiger partial charge on any atom is 0.139 e. The van der Waals surface area contributed by atoms with Gasteiger partial charge in [-0.05, 0) is 46.9 Å². The van der Waals surface area contributed by atoms with Gasteiger partial charge in [0.05, 0.1) is 0 Å². The lowest BCUT2D eigenvalue weighted by Crippen LogP contribution is -1.97. The first-order chi connectivity index (χ1) is 13.8. The summed E-state index contributed by atoms with van der Waals surface area (Å²) in [5.74, 6) is 0. The van der Waals surface area contributed by atoms with Gasteiger partial charge in [-0.3, -0.25) is 0 Å². The van der Waals surface area contributed by atoms with Crippen LogP contribution in [-0.2, 0) is 12.8 Å². The Labute approximate surface area is 162 Å². The van der Waals surface area contributed by atoms with Crippen molar-refractivity contribution in [3.05, 3.63) is 85.0 Å². The van der Waals surface area contributed by atoms with Gasteiger partial charge in [0.25, 0.3) is 0 Å². The van der Waals surface area contributed by atoms with Crippen molar-refractivity contribution in [3.8, 4) is 11.1 Å². The highest BCUT2D eigenvalue weighted by Gasteiger charge is 2.25. The van der Waals surface area contributed by atoms with Crippen LogP contribution < -0.4 is 0 Å². The van der Waals surface area contributed by atoms with E-state index < -0.39 is 0 Å². The molecule has 134 valence electrons. The monoisotopic (exact) mass is 362 g/mol. The Balaban J connectivity index is 1.92. The fraction of sp³-hybridized carbons (Fsp3) is 0.0769. The summed E-state index contributed by atoms with van der Waals surface area (Å²) < 4.78 is 13.0. The highest BCUT2D eigenvalue weighted by atomic mass is 16.3. The lowest BCUT2D eigenvalue weighted by Gasteiger charge is -2.21. The van der Waals surface area contributed by atoms with Gasteiger partial charge in [-0.1, -0.05) is 48.6 Å². The van der Waals surface area contributed by atoms with Crippen molar-refractivity contribution in [1.29, 1.82) is 0 Å². The second-order valence-electron chi connectivity index (χ2n) is 7.37. The molecule has 2 heteroatoms. The van der Waals surface area contributed by atoms with Crippen molar-refractivity contribution < 1.29 is 8.83 Å². The lowest BCUT2D eigenvalue weighted by atomic mass is 9.88. The van der Waals surface area contributed by atoms with Gasteiger partial charge in [-0.15, -0.1) is 13.2 Å². The third-order valence-electron chi connectivity index (χ3n) is 5.77. The molecule has 0 aromatic heterocycles. The van der Waals surface area contributed by atoms with Gasteiger partial charge in [-0.2, -0.15) is 0 Å². The molecule has 6 rings (SSSR count). The maximum absolute atomic E-state index is 6.50. The minimum atomic E-state index is 0.771. The predicted molar refractivity (Wildman–Crippen MR) is 117 cm³/mol. The normalized spacial score (nSPS) is 12.1. The van der Waals surface area contributed by atoms with Crippen molar-refractivity contribution in [2.45, 2.75) is 12.8 Å². The molecule has 0 unspecified atom stereocenters. The van der Waals surface area contributed by atoms with Crippen LogP contribution in [0, 0.1) is 0 Å². The van der Waals surface area contributed by atoms with Gasteiger partial charge in [-0.25, -0.2) is 0 Å². The van der Waals surface area contributed by atoms with Gasteiger partial charge in [0.1, 0.15) is 22.3 Å². The Morgan fingerprint density at radius 3 is 1.46 bits per heavy atom. The largest absolute Gasteiger partial charge is 0.456 e. The van der Waals surface area contributed by atoms with Gasteiger partial charge >= 0.3 is 0 Å². The molecule has 0 aliphatic carbocycles. The minimum Gasteiger partial charge on any atom is -0.456 e. The van der Waals surface area contributed by atoms with Crippen LogP contribution in [0.15, 0.2) is 82.7 Å². The number of rotatable bonds is 4. The third kappa shape index (κ3) is 1.87. The molecule has 2 heterocycles. The summed E-state index contributed by atoms with van der Waals surface area (Å²) in [5, 5.41) is 4.60. The maximum atomic E-state index is 6.50. The lowest BCUT2D eigenvalue weighted by molar-refractivity contribution is 0.642. The predicted octanol–water partition coefficient (Wildman–Crippen LogP) is 7.49. The second kappa shape index (κ2) is 5.49. The SMILES string of the molecule is C=CCc1ccc2ccc3oc4c(CC=C)ccc5ccc6oc1c2c3-c6c54. The van der Waals surface area contributed by atoms with E-state index in [1.165, 1.54) is 10.8 Å². The molecule has 0 amide bonds. The van der Waals surface area contributed by atoms with Gasteiger partial charge in [0.2, 0.25) is 0 Å². The molecule has 0 saturated carbocycles. The van der Waals surface area contributed by atoms with Gasteiger partial charge in [0.15, 0.2) is 0 Å². The minimum absolute atomic E-state index is 0.771. The quantitative estimate of drug-likeness (QED) is 0.184. The molecule has 2 aliphatic heterocycles. The van der Waals surface area contributed by atoms with Crippen molar-refractivity contribution in [1.82, 2.24) is 0 Å². The number of benzene rings is 4. The average molecular weight is 362 g/mol. The smallest absolute Gasteiger partial charge is 0.139 e. The first-order valence-electron chi connectivity index (χ1n) is 9.55. The summed E-state index contributed by atoms with van der Waals surface area (Å²) in [7, 11) is 0. The van der Waals surface area contributed by atoms with E-state index in [1.54, 1.807) is 0 Å². The van der Waals surface area contributed by atoms with E-state index in [-0.39, 0.29) is 0 Å². The Morgan fingerprint density at radius 1 is 0.607 bits per heavy atom. The summed E-state index contributed by atoms with van der Waals surface area (Å²) in [6, 6.07) is 17.0. The highest BCUT2D eigenvalue weighted by Crippen LogP contribution is 2.49. The van der Waals surface area contributed by atoms with Crippen molar-refractivity contribution >= 4 is 43.9 Å². The van der Waals surface area contributed by atoms with E-state index in [4.69, 9.17) is 8.83 Å². The van der Waals surface area contributed by atoms with E-state index in [9.17, 15) is 0 Å². The standard InChI is InChI=1S/C26H18O2/c1-3-5-17-9-7-15-11-14-20-23-21(15)25(17)27-19-13-12-16-8-10-18(6-4-2)26(28-20)22(16)24(19)23/h3-4,7-14H,1-2,5-6H2. The average Bonchev–Trinajstić information content (AvgIpc) is 2.73. The summed E-state index contributed by atoms with van der Waals surface area (Å²) in [6.07, 6.45) is 5.38. The number of hydrogen-bond acceptors (Lipinski definition) is 2. The Hall–Kier alpha value is -3.52. The zero-order chi connectivity index (χ0) is 18.8. The molecular formula is C26H18O2. The number of allylic oxidation sites excluding steroid dienone is 2. The summed E-state index contributed by atoms with van der Waals surface area (Å²) in [6.45, 7) is 7.81. The fourth-order valence-electron chi connectivity index (χ4n) is 4.57. The van der Waals surface area contributed by atoms with Crippen LogP contribution in [0.3, 0.4) is 0 Å². The molecule has 0 atom stereocenters. The first kappa shape index (κ1) is 15.5. The van der Waals surface area contributed by atoms with Gasteiger partial charge < -0.3 is 8.83 Å². The van der Waals surface area contributed by atoms with E-state index in [1.807, 2.05) is 12.2 Å². The van der Waals surface area contributed by atoms with Crippen LogP contribution in [-0.4, -0.2) is 0 Å². The third-order valence-corrected chi connectivity index (χ3v) is 5.77. The molecule has 0 fully saturated rings. The molecule has 2 aliphatic rings.